The van der Waals surface area contributed by atoms with Gasteiger partial charge in [-0.1, -0.05) is 18.2 Å². The molecule has 0 bridgehead atoms. The van der Waals surface area contributed by atoms with Crippen LogP contribution in [0.3, 0.4) is 0 Å². The highest BCUT2D eigenvalue weighted by molar-refractivity contribution is 5.80. The standard InChI is InChI=1S/C24H32N4O/c29-24(27-13-3-4-14-27)20-7-5-15-28(18-20)21-11-16-26(17-12-21)23-10-9-19-6-1-2-8-22(19)25-23/h1-2,6,8-10,20-21H,3-5,7,11-18H2/t20-/m0/s1. The van der Waals surface area contributed by atoms with Gasteiger partial charge >= 0.3 is 0 Å². The molecule has 5 heteroatoms. The summed E-state index contributed by atoms with van der Waals surface area (Å²) < 4.78 is 0. The highest BCUT2D eigenvalue weighted by atomic mass is 16.2. The number of aromatic nitrogens is 1. The van der Waals surface area contributed by atoms with Crippen molar-refractivity contribution in [3.05, 3.63) is 36.4 Å². The Hall–Kier alpha value is -2.14. The zero-order valence-corrected chi connectivity index (χ0v) is 17.3. The van der Waals surface area contributed by atoms with Crippen LogP contribution in [0.1, 0.15) is 38.5 Å². The molecule has 5 nitrogen and oxygen atoms in total. The van der Waals surface area contributed by atoms with Crippen molar-refractivity contribution in [1.29, 1.82) is 0 Å². The van der Waals surface area contributed by atoms with E-state index >= 15 is 0 Å². The molecule has 3 aliphatic heterocycles. The molecule has 1 atom stereocenters. The van der Waals surface area contributed by atoms with Gasteiger partial charge in [0.05, 0.1) is 11.4 Å². The number of nitrogens with zero attached hydrogens (tertiary/aromatic N) is 4. The number of hydrogen-bond acceptors (Lipinski definition) is 4. The molecule has 1 aromatic carbocycles. The first-order chi connectivity index (χ1) is 14.3. The van der Waals surface area contributed by atoms with Gasteiger partial charge in [-0.25, -0.2) is 4.98 Å². The van der Waals surface area contributed by atoms with Crippen molar-refractivity contribution >= 4 is 22.6 Å². The lowest BCUT2D eigenvalue weighted by atomic mass is 9.93. The Morgan fingerprint density at radius 3 is 2.48 bits per heavy atom. The molecule has 3 saturated heterocycles. The zero-order valence-electron chi connectivity index (χ0n) is 17.3. The molecule has 4 heterocycles. The number of hydrogen-bond donors (Lipinski definition) is 0. The normalized spacial score (nSPS) is 24.3. The van der Waals surface area contributed by atoms with Gasteiger partial charge in [0.15, 0.2) is 0 Å². The topological polar surface area (TPSA) is 39.7 Å². The molecule has 0 N–H and O–H groups in total. The summed E-state index contributed by atoms with van der Waals surface area (Å²) in [6, 6.07) is 13.3. The van der Waals surface area contributed by atoms with E-state index in [9.17, 15) is 4.79 Å². The molecule has 5 rings (SSSR count). The third kappa shape index (κ3) is 3.97. The first-order valence-electron chi connectivity index (χ1n) is 11.4. The van der Waals surface area contributed by atoms with Crippen LogP contribution < -0.4 is 4.90 Å². The Kier molecular flexibility index (Phi) is 5.40. The van der Waals surface area contributed by atoms with Crippen LogP contribution in [-0.4, -0.2) is 66.0 Å². The molecule has 3 aliphatic rings. The predicted octanol–water partition coefficient (Wildman–Crippen LogP) is 3.54. The summed E-state index contributed by atoms with van der Waals surface area (Å²) in [5.41, 5.74) is 1.08. The summed E-state index contributed by atoms with van der Waals surface area (Å²) in [5.74, 6) is 1.75. The highest BCUT2D eigenvalue weighted by Gasteiger charge is 2.34. The highest BCUT2D eigenvalue weighted by Crippen LogP contribution is 2.28. The molecule has 0 saturated carbocycles. The second-order valence-corrected chi connectivity index (χ2v) is 8.95. The Bertz CT molecular complexity index is 855. The lowest BCUT2D eigenvalue weighted by Crippen LogP contribution is -2.51. The van der Waals surface area contributed by atoms with Crippen molar-refractivity contribution in [2.24, 2.45) is 5.92 Å². The third-order valence-corrected chi connectivity index (χ3v) is 7.11. The average molecular weight is 393 g/mol. The summed E-state index contributed by atoms with van der Waals surface area (Å²) in [6.07, 6.45) is 6.94. The number of likely N-dealkylation sites (tertiary alicyclic amines) is 2. The van der Waals surface area contributed by atoms with E-state index in [4.69, 9.17) is 4.98 Å². The van der Waals surface area contributed by atoms with Crippen LogP contribution in [0.5, 0.6) is 0 Å². The lowest BCUT2D eigenvalue weighted by Gasteiger charge is -2.42. The third-order valence-electron chi connectivity index (χ3n) is 7.11. The minimum Gasteiger partial charge on any atom is -0.356 e. The minimum atomic E-state index is 0.224. The van der Waals surface area contributed by atoms with E-state index in [1.165, 1.54) is 31.1 Å². The number of pyridine rings is 1. The second kappa shape index (κ2) is 8.31. The molecule has 0 spiro atoms. The van der Waals surface area contributed by atoms with Crippen LogP contribution >= 0.6 is 0 Å². The number of piperidine rings is 2. The molecular weight excluding hydrogens is 360 g/mol. The summed E-state index contributed by atoms with van der Waals surface area (Å²) in [5, 5.41) is 1.20. The number of fused-ring (bicyclic) bond motifs is 1. The molecule has 1 aromatic heterocycles. The number of amides is 1. The van der Waals surface area contributed by atoms with Crippen molar-refractivity contribution in [3.8, 4) is 0 Å². The average Bonchev–Trinajstić information content (AvgIpc) is 3.33. The van der Waals surface area contributed by atoms with Crippen LogP contribution in [0.25, 0.3) is 10.9 Å². The SMILES string of the molecule is O=C([C@H]1CCCN(C2CCN(c3ccc4ccccc4n3)CC2)C1)N1CCCC1. The maximum Gasteiger partial charge on any atom is 0.226 e. The number of anilines is 1. The maximum absolute atomic E-state index is 12.9. The zero-order chi connectivity index (χ0) is 19.6. The fourth-order valence-corrected chi connectivity index (χ4v) is 5.43. The molecule has 3 fully saturated rings. The van der Waals surface area contributed by atoms with E-state index < -0.39 is 0 Å². The smallest absolute Gasteiger partial charge is 0.226 e. The quantitative estimate of drug-likeness (QED) is 0.801. The molecule has 2 aromatic rings. The minimum absolute atomic E-state index is 0.224. The van der Waals surface area contributed by atoms with Crippen molar-refractivity contribution in [2.75, 3.05) is 44.2 Å². The number of rotatable bonds is 3. The van der Waals surface area contributed by atoms with E-state index in [-0.39, 0.29) is 5.92 Å². The van der Waals surface area contributed by atoms with Crippen molar-refractivity contribution in [3.63, 3.8) is 0 Å². The monoisotopic (exact) mass is 392 g/mol. The Morgan fingerprint density at radius 1 is 0.862 bits per heavy atom. The lowest BCUT2D eigenvalue weighted by molar-refractivity contribution is -0.136. The van der Waals surface area contributed by atoms with E-state index in [0.29, 0.717) is 11.9 Å². The van der Waals surface area contributed by atoms with Gasteiger partial charge in [0.1, 0.15) is 5.82 Å². The van der Waals surface area contributed by atoms with Crippen molar-refractivity contribution in [1.82, 2.24) is 14.8 Å². The largest absolute Gasteiger partial charge is 0.356 e. The summed E-state index contributed by atoms with van der Waals surface area (Å²) in [6.45, 7) is 6.18. The van der Waals surface area contributed by atoms with Crippen LogP contribution in [0.2, 0.25) is 0 Å². The van der Waals surface area contributed by atoms with Crippen molar-refractivity contribution in [2.45, 2.75) is 44.6 Å². The summed E-state index contributed by atoms with van der Waals surface area (Å²) >= 11 is 0. The summed E-state index contributed by atoms with van der Waals surface area (Å²) in [4.78, 5) is 24.9. The predicted molar refractivity (Wildman–Crippen MR) is 117 cm³/mol. The van der Waals surface area contributed by atoms with Crippen LogP contribution in [0, 0.1) is 5.92 Å². The first-order valence-corrected chi connectivity index (χ1v) is 11.4. The van der Waals surface area contributed by atoms with E-state index in [1.54, 1.807) is 0 Å². The molecular formula is C24H32N4O. The van der Waals surface area contributed by atoms with Gasteiger partial charge in [0, 0.05) is 44.2 Å². The number of carbonyl (C=O) groups is 1. The van der Waals surface area contributed by atoms with Crippen LogP contribution in [0.15, 0.2) is 36.4 Å². The molecule has 0 unspecified atom stereocenters. The van der Waals surface area contributed by atoms with Crippen LogP contribution in [0.4, 0.5) is 5.82 Å². The molecule has 154 valence electrons. The number of benzene rings is 1. The number of carbonyl (C=O) groups excluding carboxylic acids is 1. The fourth-order valence-electron chi connectivity index (χ4n) is 5.43. The van der Waals surface area contributed by atoms with E-state index in [2.05, 4.69) is 51.1 Å². The molecule has 0 aliphatic carbocycles. The van der Waals surface area contributed by atoms with Gasteiger partial charge in [-0.3, -0.25) is 9.69 Å². The molecule has 0 radical (unpaired) electrons. The first kappa shape index (κ1) is 18.9. The Morgan fingerprint density at radius 2 is 1.66 bits per heavy atom. The van der Waals surface area contributed by atoms with Gasteiger partial charge in [-0.2, -0.15) is 0 Å². The van der Waals surface area contributed by atoms with E-state index in [0.717, 1.165) is 63.4 Å². The molecule has 29 heavy (non-hydrogen) atoms. The van der Waals surface area contributed by atoms with Gasteiger partial charge in [0.2, 0.25) is 5.91 Å². The van der Waals surface area contributed by atoms with Gasteiger partial charge in [0.25, 0.3) is 0 Å². The second-order valence-electron chi connectivity index (χ2n) is 8.95. The Balaban J connectivity index is 1.19. The molecule has 1 amide bonds. The van der Waals surface area contributed by atoms with Gasteiger partial charge in [-0.15, -0.1) is 0 Å². The van der Waals surface area contributed by atoms with Gasteiger partial charge in [-0.05, 0) is 63.3 Å². The van der Waals surface area contributed by atoms with Crippen LogP contribution in [-0.2, 0) is 4.79 Å². The number of para-hydroxylation sites is 1. The van der Waals surface area contributed by atoms with Crippen molar-refractivity contribution < 1.29 is 4.79 Å². The van der Waals surface area contributed by atoms with E-state index in [1.807, 2.05) is 0 Å². The summed E-state index contributed by atoms with van der Waals surface area (Å²) in [7, 11) is 0. The maximum atomic E-state index is 12.9. The fraction of sp³-hybridized carbons (Fsp3) is 0.583. The van der Waals surface area contributed by atoms with Gasteiger partial charge < -0.3 is 9.80 Å². The Labute approximate surface area is 173 Å².